The minimum atomic E-state index is 0. The van der Waals surface area contributed by atoms with E-state index in [1.54, 1.807) is 0 Å². The van der Waals surface area contributed by atoms with Gasteiger partial charge >= 0.3 is 0 Å². The van der Waals surface area contributed by atoms with Crippen molar-refractivity contribution < 1.29 is 4.74 Å². The Bertz CT molecular complexity index is 218. The normalized spacial score (nSPS) is 19.4. The number of hydrogen-bond acceptors (Lipinski definition) is 2. The molecule has 0 saturated carbocycles. The summed E-state index contributed by atoms with van der Waals surface area (Å²) in [7, 11) is 1.82. The molecule has 0 aliphatic carbocycles. The first-order valence-corrected chi connectivity index (χ1v) is 6.93. The maximum Gasteiger partial charge on any atom is 0.191 e. The molecular formula is C13H28IN3O. The van der Waals surface area contributed by atoms with Crippen molar-refractivity contribution in [1.82, 2.24) is 10.6 Å². The van der Waals surface area contributed by atoms with Gasteiger partial charge in [-0.05, 0) is 19.3 Å². The number of aliphatic imine (C=N–C) groups is 1. The molecule has 1 aliphatic heterocycles. The Morgan fingerprint density at radius 2 is 2.11 bits per heavy atom. The van der Waals surface area contributed by atoms with E-state index >= 15 is 0 Å². The van der Waals surface area contributed by atoms with Crippen molar-refractivity contribution in [2.45, 2.75) is 51.6 Å². The van der Waals surface area contributed by atoms with Crippen molar-refractivity contribution in [1.29, 1.82) is 0 Å². The average Bonchev–Trinajstić information content (AvgIpc) is 2.86. The summed E-state index contributed by atoms with van der Waals surface area (Å²) in [5, 5.41) is 6.65. The number of guanidine groups is 1. The SMILES string of the molecule is CCCCCCNC(=NC)NCC1CCCO1.I. The molecule has 0 bridgehead atoms. The van der Waals surface area contributed by atoms with Crippen molar-refractivity contribution >= 4 is 29.9 Å². The topological polar surface area (TPSA) is 45.7 Å². The van der Waals surface area contributed by atoms with Gasteiger partial charge in [0.2, 0.25) is 0 Å². The van der Waals surface area contributed by atoms with Crippen LogP contribution in [0.2, 0.25) is 0 Å². The second-order valence-corrected chi connectivity index (χ2v) is 4.58. The lowest BCUT2D eigenvalue weighted by Crippen LogP contribution is -2.41. The fourth-order valence-electron chi connectivity index (χ4n) is 2.00. The average molecular weight is 369 g/mol. The number of nitrogens with zero attached hydrogens (tertiary/aromatic N) is 1. The summed E-state index contributed by atoms with van der Waals surface area (Å²) in [6, 6.07) is 0. The van der Waals surface area contributed by atoms with Crippen LogP contribution in [0.5, 0.6) is 0 Å². The Morgan fingerprint density at radius 3 is 2.72 bits per heavy atom. The van der Waals surface area contributed by atoms with E-state index in [0.717, 1.165) is 25.7 Å². The zero-order chi connectivity index (χ0) is 12.3. The van der Waals surface area contributed by atoms with Gasteiger partial charge in [0, 0.05) is 26.7 Å². The Balaban J connectivity index is 0.00000289. The highest BCUT2D eigenvalue weighted by atomic mass is 127. The van der Waals surface area contributed by atoms with E-state index in [4.69, 9.17) is 4.74 Å². The summed E-state index contributed by atoms with van der Waals surface area (Å²) in [5.74, 6) is 0.900. The third-order valence-electron chi connectivity index (χ3n) is 3.07. The molecule has 108 valence electrons. The van der Waals surface area contributed by atoms with Crippen molar-refractivity contribution in [3.63, 3.8) is 0 Å². The Kier molecular flexibility index (Phi) is 12.0. The van der Waals surface area contributed by atoms with Gasteiger partial charge in [0.05, 0.1) is 6.10 Å². The van der Waals surface area contributed by atoms with E-state index < -0.39 is 0 Å². The molecule has 1 atom stereocenters. The molecule has 2 N–H and O–H groups in total. The van der Waals surface area contributed by atoms with Crippen LogP contribution in [0.1, 0.15) is 45.4 Å². The first-order chi connectivity index (χ1) is 8.36. The highest BCUT2D eigenvalue weighted by Gasteiger charge is 2.15. The molecule has 0 aromatic rings. The van der Waals surface area contributed by atoms with Crippen LogP contribution in [0.15, 0.2) is 4.99 Å². The van der Waals surface area contributed by atoms with E-state index in [2.05, 4.69) is 22.5 Å². The largest absolute Gasteiger partial charge is 0.376 e. The smallest absolute Gasteiger partial charge is 0.191 e. The van der Waals surface area contributed by atoms with Gasteiger partial charge in [0.25, 0.3) is 0 Å². The first kappa shape index (κ1) is 18.0. The summed E-state index contributed by atoms with van der Waals surface area (Å²) >= 11 is 0. The number of unbranched alkanes of at least 4 members (excludes halogenated alkanes) is 3. The zero-order valence-corrected chi connectivity index (χ0v) is 14.0. The summed E-state index contributed by atoms with van der Waals surface area (Å²) in [6.45, 7) is 5.02. The lowest BCUT2D eigenvalue weighted by atomic mass is 10.2. The van der Waals surface area contributed by atoms with Crippen molar-refractivity contribution in [2.75, 3.05) is 26.7 Å². The summed E-state index contributed by atoms with van der Waals surface area (Å²) in [5.41, 5.74) is 0. The zero-order valence-electron chi connectivity index (χ0n) is 11.7. The molecule has 1 aliphatic rings. The quantitative estimate of drug-likeness (QED) is 0.314. The van der Waals surface area contributed by atoms with Crippen LogP contribution in [0.25, 0.3) is 0 Å². The van der Waals surface area contributed by atoms with Crippen LogP contribution < -0.4 is 10.6 Å². The van der Waals surface area contributed by atoms with E-state index in [9.17, 15) is 0 Å². The minimum absolute atomic E-state index is 0. The molecule has 1 unspecified atom stereocenters. The third kappa shape index (κ3) is 8.13. The van der Waals surface area contributed by atoms with Crippen molar-refractivity contribution in [3.8, 4) is 0 Å². The van der Waals surface area contributed by atoms with Gasteiger partial charge in [-0.15, -0.1) is 24.0 Å². The van der Waals surface area contributed by atoms with Crippen LogP contribution >= 0.6 is 24.0 Å². The molecule has 4 nitrogen and oxygen atoms in total. The van der Waals surface area contributed by atoms with Crippen LogP contribution in [0.3, 0.4) is 0 Å². The molecule has 18 heavy (non-hydrogen) atoms. The minimum Gasteiger partial charge on any atom is -0.376 e. The predicted octanol–water partition coefficient (Wildman–Crippen LogP) is 2.53. The molecule has 1 fully saturated rings. The van der Waals surface area contributed by atoms with Crippen molar-refractivity contribution in [3.05, 3.63) is 0 Å². The molecule has 5 heteroatoms. The molecule has 0 aromatic carbocycles. The highest BCUT2D eigenvalue weighted by Crippen LogP contribution is 2.10. The van der Waals surface area contributed by atoms with Gasteiger partial charge in [-0.3, -0.25) is 4.99 Å². The monoisotopic (exact) mass is 369 g/mol. The number of rotatable bonds is 7. The number of ether oxygens (including phenoxy) is 1. The molecule has 0 amide bonds. The lowest BCUT2D eigenvalue weighted by Gasteiger charge is -2.14. The van der Waals surface area contributed by atoms with E-state index in [1.807, 2.05) is 7.05 Å². The van der Waals surface area contributed by atoms with E-state index in [-0.39, 0.29) is 24.0 Å². The standard InChI is InChI=1S/C13H27N3O.HI/c1-3-4-5-6-9-15-13(14-2)16-11-12-8-7-10-17-12;/h12H,3-11H2,1-2H3,(H2,14,15,16);1H. The highest BCUT2D eigenvalue weighted by molar-refractivity contribution is 14.0. The fourth-order valence-corrected chi connectivity index (χ4v) is 2.00. The van der Waals surface area contributed by atoms with Gasteiger partial charge in [-0.25, -0.2) is 0 Å². The van der Waals surface area contributed by atoms with Crippen LogP contribution in [0, 0.1) is 0 Å². The lowest BCUT2D eigenvalue weighted by molar-refractivity contribution is 0.114. The van der Waals surface area contributed by atoms with Gasteiger partial charge in [0.15, 0.2) is 5.96 Å². The van der Waals surface area contributed by atoms with Crippen LogP contribution in [0.4, 0.5) is 0 Å². The van der Waals surface area contributed by atoms with E-state index in [0.29, 0.717) is 6.10 Å². The number of hydrogen-bond donors (Lipinski definition) is 2. The summed E-state index contributed by atoms with van der Waals surface area (Å²) in [4.78, 5) is 4.21. The molecule has 0 radical (unpaired) electrons. The molecule has 0 aromatic heterocycles. The van der Waals surface area contributed by atoms with Gasteiger partial charge in [-0.1, -0.05) is 26.2 Å². The van der Waals surface area contributed by atoms with Crippen LogP contribution in [-0.2, 0) is 4.74 Å². The Labute approximate surface area is 128 Å². The first-order valence-electron chi connectivity index (χ1n) is 6.93. The predicted molar refractivity (Wildman–Crippen MR) is 87.9 cm³/mol. The molecule has 1 rings (SSSR count). The maximum absolute atomic E-state index is 5.56. The summed E-state index contributed by atoms with van der Waals surface area (Å²) in [6.07, 6.45) is 7.85. The van der Waals surface area contributed by atoms with Gasteiger partial charge < -0.3 is 15.4 Å². The second-order valence-electron chi connectivity index (χ2n) is 4.58. The third-order valence-corrected chi connectivity index (χ3v) is 3.07. The Morgan fingerprint density at radius 1 is 1.28 bits per heavy atom. The molecular weight excluding hydrogens is 341 g/mol. The van der Waals surface area contributed by atoms with Crippen molar-refractivity contribution in [2.24, 2.45) is 4.99 Å². The van der Waals surface area contributed by atoms with Crippen LogP contribution in [-0.4, -0.2) is 38.8 Å². The Hall–Kier alpha value is -0.0400. The summed E-state index contributed by atoms with van der Waals surface area (Å²) < 4.78 is 5.56. The molecule has 0 spiro atoms. The number of halogens is 1. The fraction of sp³-hybridized carbons (Fsp3) is 0.923. The number of nitrogens with one attached hydrogen (secondary N) is 2. The molecule has 1 heterocycles. The van der Waals surface area contributed by atoms with E-state index in [1.165, 1.54) is 38.5 Å². The maximum atomic E-state index is 5.56. The molecule has 1 saturated heterocycles. The van der Waals surface area contributed by atoms with Gasteiger partial charge in [0.1, 0.15) is 0 Å². The van der Waals surface area contributed by atoms with Gasteiger partial charge in [-0.2, -0.15) is 0 Å². The second kappa shape index (κ2) is 12.0.